The molecule has 3 N–H and O–H groups in total. The minimum atomic E-state index is -0.223. The summed E-state index contributed by atoms with van der Waals surface area (Å²) >= 11 is 0. The fourth-order valence-electron chi connectivity index (χ4n) is 1.80. The molecule has 0 aliphatic rings. The first-order valence-corrected chi connectivity index (χ1v) is 6.27. The highest BCUT2D eigenvalue weighted by Gasteiger charge is 2.16. The highest BCUT2D eigenvalue weighted by Crippen LogP contribution is 2.04. The van der Waals surface area contributed by atoms with Crippen molar-refractivity contribution in [1.29, 1.82) is 0 Å². The first-order valence-electron chi connectivity index (χ1n) is 6.27. The molecule has 2 unspecified atom stereocenters. The Morgan fingerprint density at radius 3 is 2.56 bits per heavy atom. The van der Waals surface area contributed by atoms with Crippen molar-refractivity contribution in [3.63, 3.8) is 0 Å². The van der Waals surface area contributed by atoms with Gasteiger partial charge in [-0.3, -0.25) is 4.79 Å². The minimum absolute atomic E-state index is 0.0284. The summed E-state index contributed by atoms with van der Waals surface area (Å²) in [5.74, 6) is -0.126. The largest absolute Gasteiger partial charge is 0.394 e. The molecular formula is C14H22N2O2. The number of amides is 1. The SMILES string of the molecule is CNCC(C)C(=O)NC(CO)Cc1ccccc1. The van der Waals surface area contributed by atoms with Gasteiger partial charge in [0.15, 0.2) is 0 Å². The van der Waals surface area contributed by atoms with Crippen molar-refractivity contribution in [2.45, 2.75) is 19.4 Å². The van der Waals surface area contributed by atoms with Gasteiger partial charge in [0.25, 0.3) is 0 Å². The lowest BCUT2D eigenvalue weighted by atomic mass is 10.1. The molecule has 0 saturated carbocycles. The molecule has 1 aromatic rings. The summed E-state index contributed by atoms with van der Waals surface area (Å²) in [4.78, 5) is 11.8. The van der Waals surface area contributed by atoms with Crippen molar-refractivity contribution in [3.8, 4) is 0 Å². The summed E-state index contributed by atoms with van der Waals surface area (Å²) in [7, 11) is 1.82. The van der Waals surface area contributed by atoms with E-state index < -0.39 is 0 Å². The molecule has 1 amide bonds. The second-order valence-electron chi connectivity index (χ2n) is 4.54. The van der Waals surface area contributed by atoms with E-state index in [9.17, 15) is 9.90 Å². The van der Waals surface area contributed by atoms with Crippen molar-refractivity contribution in [3.05, 3.63) is 35.9 Å². The van der Waals surface area contributed by atoms with E-state index in [2.05, 4.69) is 10.6 Å². The van der Waals surface area contributed by atoms with Gasteiger partial charge in [0.2, 0.25) is 5.91 Å². The molecule has 0 aliphatic carbocycles. The van der Waals surface area contributed by atoms with Crippen LogP contribution in [0.3, 0.4) is 0 Å². The highest BCUT2D eigenvalue weighted by molar-refractivity contribution is 5.78. The maximum Gasteiger partial charge on any atom is 0.224 e. The van der Waals surface area contributed by atoms with Crippen LogP contribution in [-0.4, -0.2) is 37.3 Å². The average molecular weight is 250 g/mol. The maximum atomic E-state index is 11.8. The van der Waals surface area contributed by atoms with E-state index in [1.807, 2.05) is 44.3 Å². The monoisotopic (exact) mass is 250 g/mol. The zero-order valence-corrected chi connectivity index (χ0v) is 11.0. The van der Waals surface area contributed by atoms with E-state index >= 15 is 0 Å². The molecule has 1 rings (SSSR count). The quantitative estimate of drug-likeness (QED) is 0.663. The van der Waals surface area contributed by atoms with E-state index in [1.165, 1.54) is 0 Å². The fraction of sp³-hybridized carbons (Fsp3) is 0.500. The molecule has 0 radical (unpaired) electrons. The van der Waals surface area contributed by atoms with Crippen molar-refractivity contribution in [1.82, 2.24) is 10.6 Å². The molecular weight excluding hydrogens is 228 g/mol. The molecule has 0 fully saturated rings. The lowest BCUT2D eigenvalue weighted by molar-refractivity contribution is -0.125. The number of hydrogen-bond donors (Lipinski definition) is 3. The molecule has 0 spiro atoms. The smallest absolute Gasteiger partial charge is 0.224 e. The van der Waals surface area contributed by atoms with Gasteiger partial charge in [-0.2, -0.15) is 0 Å². The lowest BCUT2D eigenvalue weighted by Gasteiger charge is -2.19. The third kappa shape index (κ3) is 4.85. The summed E-state index contributed by atoms with van der Waals surface area (Å²) in [6.45, 7) is 2.45. The summed E-state index contributed by atoms with van der Waals surface area (Å²) in [5.41, 5.74) is 1.11. The second-order valence-corrected chi connectivity index (χ2v) is 4.54. The van der Waals surface area contributed by atoms with Crippen molar-refractivity contribution in [2.75, 3.05) is 20.2 Å². The third-order valence-electron chi connectivity index (χ3n) is 2.85. The molecule has 2 atom stereocenters. The number of benzene rings is 1. The van der Waals surface area contributed by atoms with Crippen LogP contribution in [0.15, 0.2) is 30.3 Å². The van der Waals surface area contributed by atoms with Crippen molar-refractivity contribution < 1.29 is 9.90 Å². The number of hydrogen-bond acceptors (Lipinski definition) is 3. The third-order valence-corrected chi connectivity index (χ3v) is 2.85. The normalized spacial score (nSPS) is 13.9. The predicted octanol–water partition coefficient (Wildman–Crippen LogP) is 0.562. The number of carbonyl (C=O) groups excluding carboxylic acids is 1. The molecule has 0 heterocycles. The molecule has 0 aliphatic heterocycles. The fourth-order valence-corrected chi connectivity index (χ4v) is 1.80. The van der Waals surface area contributed by atoms with Crippen LogP contribution in [0.25, 0.3) is 0 Å². The number of aliphatic hydroxyl groups is 1. The maximum absolute atomic E-state index is 11.8. The van der Waals surface area contributed by atoms with Gasteiger partial charge in [-0.25, -0.2) is 0 Å². The first-order chi connectivity index (χ1) is 8.67. The Balaban J connectivity index is 2.49. The summed E-state index contributed by atoms with van der Waals surface area (Å²) in [6.07, 6.45) is 0.648. The van der Waals surface area contributed by atoms with Gasteiger partial charge in [-0.05, 0) is 19.0 Å². The van der Waals surface area contributed by atoms with E-state index in [1.54, 1.807) is 0 Å². The van der Waals surface area contributed by atoms with Crippen molar-refractivity contribution >= 4 is 5.91 Å². The average Bonchev–Trinajstić information content (AvgIpc) is 2.39. The molecule has 4 heteroatoms. The van der Waals surface area contributed by atoms with Crippen LogP contribution in [0.4, 0.5) is 0 Å². The molecule has 4 nitrogen and oxygen atoms in total. The van der Waals surface area contributed by atoms with Crippen molar-refractivity contribution in [2.24, 2.45) is 5.92 Å². The lowest BCUT2D eigenvalue weighted by Crippen LogP contribution is -2.43. The Morgan fingerprint density at radius 1 is 1.33 bits per heavy atom. The summed E-state index contributed by atoms with van der Waals surface area (Å²) < 4.78 is 0. The second kappa shape index (κ2) is 7.84. The Kier molecular flexibility index (Phi) is 6.39. The molecule has 1 aromatic carbocycles. The predicted molar refractivity (Wildman–Crippen MR) is 72.3 cm³/mol. The number of nitrogens with one attached hydrogen (secondary N) is 2. The van der Waals surface area contributed by atoms with Gasteiger partial charge < -0.3 is 15.7 Å². The highest BCUT2D eigenvalue weighted by atomic mass is 16.3. The van der Waals surface area contributed by atoms with Crippen LogP contribution in [0.2, 0.25) is 0 Å². The number of rotatable bonds is 7. The Morgan fingerprint density at radius 2 is 2.00 bits per heavy atom. The van der Waals surface area contributed by atoms with E-state index in [0.29, 0.717) is 13.0 Å². The first kappa shape index (κ1) is 14.7. The standard InChI is InChI=1S/C14H22N2O2/c1-11(9-15-2)14(18)16-13(10-17)8-12-6-4-3-5-7-12/h3-7,11,13,15,17H,8-10H2,1-2H3,(H,16,18). The van der Waals surface area contributed by atoms with Gasteiger partial charge in [-0.1, -0.05) is 37.3 Å². The van der Waals surface area contributed by atoms with Crippen LogP contribution in [0.1, 0.15) is 12.5 Å². The van der Waals surface area contributed by atoms with Gasteiger partial charge >= 0.3 is 0 Å². The Hall–Kier alpha value is -1.39. The Bertz CT molecular complexity index is 354. The summed E-state index contributed by atoms with van der Waals surface area (Å²) in [5, 5.41) is 15.2. The molecule has 0 bridgehead atoms. The van der Waals surface area contributed by atoms with Crippen LogP contribution in [0, 0.1) is 5.92 Å². The Labute approximate surface area is 108 Å². The zero-order valence-electron chi connectivity index (χ0n) is 11.0. The number of carbonyl (C=O) groups is 1. The molecule has 100 valence electrons. The van der Waals surface area contributed by atoms with Crippen LogP contribution < -0.4 is 10.6 Å². The van der Waals surface area contributed by atoms with Crippen LogP contribution in [0.5, 0.6) is 0 Å². The molecule has 18 heavy (non-hydrogen) atoms. The molecule has 0 aromatic heterocycles. The van der Waals surface area contributed by atoms with Gasteiger partial charge in [0.05, 0.1) is 12.6 Å². The van der Waals surface area contributed by atoms with Gasteiger partial charge in [0.1, 0.15) is 0 Å². The zero-order chi connectivity index (χ0) is 13.4. The van der Waals surface area contributed by atoms with Gasteiger partial charge in [0, 0.05) is 12.5 Å². The topological polar surface area (TPSA) is 61.4 Å². The van der Waals surface area contributed by atoms with Crippen LogP contribution in [-0.2, 0) is 11.2 Å². The van der Waals surface area contributed by atoms with Gasteiger partial charge in [-0.15, -0.1) is 0 Å². The summed E-state index contributed by atoms with van der Waals surface area (Å²) in [6, 6.07) is 9.62. The van der Waals surface area contributed by atoms with E-state index in [0.717, 1.165) is 5.56 Å². The number of aliphatic hydroxyl groups excluding tert-OH is 1. The molecule has 0 saturated heterocycles. The van der Waals surface area contributed by atoms with E-state index in [4.69, 9.17) is 0 Å². The minimum Gasteiger partial charge on any atom is -0.394 e. The van der Waals surface area contributed by atoms with E-state index in [-0.39, 0.29) is 24.5 Å². The van der Waals surface area contributed by atoms with Crippen LogP contribution >= 0.6 is 0 Å².